The fraction of sp³-hybridized carbons (Fsp3) is 0.429. The first-order valence-corrected chi connectivity index (χ1v) is 12.9. The number of halogens is 3. The normalized spacial score (nSPS) is 19.6. The predicted octanol–water partition coefficient (Wildman–Crippen LogP) is 6.23. The van der Waals surface area contributed by atoms with Gasteiger partial charge in [0.2, 0.25) is 5.88 Å². The average molecular weight is 544 g/mol. The van der Waals surface area contributed by atoms with E-state index in [4.69, 9.17) is 14.5 Å². The van der Waals surface area contributed by atoms with Crippen molar-refractivity contribution in [3.8, 4) is 22.9 Å². The molecule has 8 nitrogen and oxygen atoms in total. The molecule has 2 atom stereocenters. The second kappa shape index (κ2) is 12.3. The van der Waals surface area contributed by atoms with Gasteiger partial charge in [0.1, 0.15) is 11.3 Å². The van der Waals surface area contributed by atoms with Gasteiger partial charge in [-0.1, -0.05) is 18.2 Å². The van der Waals surface area contributed by atoms with E-state index < -0.39 is 30.7 Å². The van der Waals surface area contributed by atoms with Gasteiger partial charge in [-0.25, -0.2) is 9.78 Å². The number of amides is 2. The summed E-state index contributed by atoms with van der Waals surface area (Å²) in [7, 11) is 1.54. The number of hydrogen-bond donors (Lipinski definition) is 1. The Morgan fingerprint density at radius 3 is 2.79 bits per heavy atom. The van der Waals surface area contributed by atoms with Gasteiger partial charge in [0.15, 0.2) is 0 Å². The maximum Gasteiger partial charge on any atom is 0.389 e. The number of rotatable bonds is 4. The van der Waals surface area contributed by atoms with Crippen molar-refractivity contribution < 1.29 is 27.4 Å². The number of methoxy groups -OCH3 is 1. The van der Waals surface area contributed by atoms with Gasteiger partial charge < -0.3 is 19.7 Å². The van der Waals surface area contributed by atoms with Crippen molar-refractivity contribution in [2.45, 2.75) is 57.8 Å². The van der Waals surface area contributed by atoms with E-state index in [1.807, 2.05) is 44.2 Å². The zero-order valence-electron chi connectivity index (χ0n) is 22.2. The largest absolute Gasteiger partial charge is 0.494 e. The highest BCUT2D eigenvalue weighted by Gasteiger charge is 2.30. The highest BCUT2D eigenvalue weighted by atomic mass is 19.4. The quantitative estimate of drug-likeness (QED) is 0.392. The Morgan fingerprint density at radius 2 is 2.05 bits per heavy atom. The van der Waals surface area contributed by atoms with Crippen molar-refractivity contribution in [1.29, 1.82) is 0 Å². The number of alkyl halides is 3. The van der Waals surface area contributed by atoms with Crippen LogP contribution in [0.3, 0.4) is 0 Å². The number of hydrogen-bond acceptors (Lipinski definition) is 6. The molecule has 1 N–H and O–H groups in total. The summed E-state index contributed by atoms with van der Waals surface area (Å²) in [5, 5.41) is 3.64. The first-order chi connectivity index (χ1) is 18.7. The van der Waals surface area contributed by atoms with Crippen LogP contribution in [0.25, 0.3) is 22.2 Å². The molecule has 2 amide bonds. The predicted molar refractivity (Wildman–Crippen MR) is 142 cm³/mol. The molecule has 3 aromatic rings. The lowest BCUT2D eigenvalue weighted by molar-refractivity contribution is -0.136. The van der Waals surface area contributed by atoms with E-state index in [0.717, 1.165) is 5.39 Å². The molecule has 0 saturated heterocycles. The van der Waals surface area contributed by atoms with Crippen molar-refractivity contribution in [1.82, 2.24) is 25.2 Å². The molecule has 0 fully saturated rings. The van der Waals surface area contributed by atoms with Crippen LogP contribution in [0.1, 0.15) is 51.3 Å². The Balaban J connectivity index is 1.77. The third-order valence-corrected chi connectivity index (χ3v) is 6.65. The summed E-state index contributed by atoms with van der Waals surface area (Å²) in [6.45, 7) is 4.26. The molecule has 11 heteroatoms. The lowest BCUT2D eigenvalue weighted by Gasteiger charge is -2.30. The molecular weight excluding hydrogens is 511 g/mol. The fourth-order valence-corrected chi connectivity index (χ4v) is 4.54. The number of nitrogens with one attached hydrogen (secondary N) is 1. The molecule has 3 aromatic heterocycles. The Labute approximate surface area is 225 Å². The summed E-state index contributed by atoms with van der Waals surface area (Å²) in [4.78, 5) is 28.5. The summed E-state index contributed by atoms with van der Waals surface area (Å²) >= 11 is 0. The minimum atomic E-state index is -4.31. The second-order valence-electron chi connectivity index (χ2n) is 9.30. The van der Waals surface area contributed by atoms with Crippen molar-refractivity contribution in [2.75, 3.05) is 20.3 Å². The van der Waals surface area contributed by atoms with Crippen LogP contribution in [0.15, 0.2) is 48.8 Å². The lowest BCUT2D eigenvalue weighted by atomic mass is 10.1. The van der Waals surface area contributed by atoms with Gasteiger partial charge in [0.05, 0.1) is 37.3 Å². The monoisotopic (exact) mass is 543 g/mol. The molecule has 208 valence electrons. The Morgan fingerprint density at radius 1 is 1.23 bits per heavy atom. The standard InChI is InChI=1S/C28H32F3N5O3/c1-4-36-18(2)22-16-21(24(38-3)17-33-22)23-15-19-9-8-13-32-25(19)26(35-23)39-14-7-5-6-10-20(34-27(36)37)11-12-28(29,30)31/h5-6,8-9,13,15-18,20H,4,7,10-12,14H2,1-3H3,(H,34,37)/b6-5+/t18-,20-/m1/s1. The summed E-state index contributed by atoms with van der Waals surface area (Å²) in [6, 6.07) is 5.85. The highest BCUT2D eigenvalue weighted by Crippen LogP contribution is 2.35. The molecule has 1 aliphatic heterocycles. The number of aromatic nitrogens is 3. The molecule has 0 aromatic carbocycles. The number of carbonyl (C=O) groups excluding carboxylic acids is 1. The molecule has 39 heavy (non-hydrogen) atoms. The number of nitrogens with zero attached hydrogens (tertiary/aromatic N) is 4. The summed E-state index contributed by atoms with van der Waals surface area (Å²) in [6.07, 6.45) is 2.10. The molecule has 0 unspecified atom stereocenters. The molecule has 0 spiro atoms. The van der Waals surface area contributed by atoms with Gasteiger partial charge in [-0.05, 0) is 51.3 Å². The van der Waals surface area contributed by atoms with Gasteiger partial charge in [0.25, 0.3) is 0 Å². The number of urea groups is 1. The topological polar surface area (TPSA) is 89.5 Å². The van der Waals surface area contributed by atoms with E-state index in [9.17, 15) is 18.0 Å². The van der Waals surface area contributed by atoms with Gasteiger partial charge in [-0.2, -0.15) is 13.2 Å². The summed E-state index contributed by atoms with van der Waals surface area (Å²) < 4.78 is 50.5. The zero-order valence-corrected chi connectivity index (χ0v) is 22.2. The van der Waals surface area contributed by atoms with Crippen molar-refractivity contribution in [3.05, 3.63) is 54.5 Å². The molecule has 4 heterocycles. The van der Waals surface area contributed by atoms with Crippen LogP contribution in [-0.2, 0) is 0 Å². The number of ether oxygens (including phenoxy) is 2. The average Bonchev–Trinajstić information content (AvgIpc) is 2.92. The van der Waals surface area contributed by atoms with E-state index in [-0.39, 0.29) is 19.4 Å². The molecule has 4 rings (SSSR count). The van der Waals surface area contributed by atoms with Gasteiger partial charge >= 0.3 is 12.2 Å². The SMILES string of the molecule is CCN1C(=O)N[C@@H](CCC(F)(F)F)C/C=C/CCOc2nc(cc3cccnc23)-c2cc(ncc2OC)[C@H]1C. The molecule has 1 aliphatic rings. The molecule has 0 saturated carbocycles. The fourth-order valence-electron chi connectivity index (χ4n) is 4.54. The minimum absolute atomic E-state index is 0.222. The van der Waals surface area contributed by atoms with Gasteiger partial charge in [-0.15, -0.1) is 0 Å². The Bertz CT molecular complexity index is 1330. The van der Waals surface area contributed by atoms with E-state index >= 15 is 0 Å². The third kappa shape index (κ3) is 6.96. The van der Waals surface area contributed by atoms with E-state index in [0.29, 0.717) is 47.1 Å². The van der Waals surface area contributed by atoms with Crippen molar-refractivity contribution >= 4 is 16.9 Å². The molecule has 0 radical (unpaired) electrons. The van der Waals surface area contributed by atoms with Gasteiger partial charge in [-0.3, -0.25) is 9.97 Å². The van der Waals surface area contributed by atoms with Crippen LogP contribution in [0.4, 0.5) is 18.0 Å². The van der Waals surface area contributed by atoms with E-state index in [2.05, 4.69) is 15.3 Å². The van der Waals surface area contributed by atoms with Crippen molar-refractivity contribution in [3.63, 3.8) is 0 Å². The van der Waals surface area contributed by atoms with E-state index in [1.54, 1.807) is 30.5 Å². The maximum absolute atomic E-state index is 13.3. The minimum Gasteiger partial charge on any atom is -0.494 e. The Kier molecular flexibility index (Phi) is 8.88. The highest BCUT2D eigenvalue weighted by molar-refractivity contribution is 5.87. The number of pyridine rings is 3. The summed E-state index contributed by atoms with van der Waals surface area (Å²) in [5.74, 6) is 0.859. The first-order valence-electron chi connectivity index (χ1n) is 12.9. The molecular formula is C28H32F3N5O3. The second-order valence-corrected chi connectivity index (χ2v) is 9.30. The van der Waals surface area contributed by atoms with Crippen LogP contribution < -0.4 is 14.8 Å². The van der Waals surface area contributed by atoms with Crippen LogP contribution >= 0.6 is 0 Å². The van der Waals surface area contributed by atoms with Crippen LogP contribution in [0, 0.1) is 0 Å². The first kappa shape index (κ1) is 28.1. The number of carbonyl (C=O) groups is 1. The van der Waals surface area contributed by atoms with Crippen molar-refractivity contribution in [2.24, 2.45) is 0 Å². The van der Waals surface area contributed by atoms with Gasteiger partial charge in [0, 0.05) is 36.2 Å². The Hall–Kier alpha value is -3.89. The smallest absolute Gasteiger partial charge is 0.389 e. The zero-order chi connectivity index (χ0) is 28.0. The van der Waals surface area contributed by atoms with Crippen LogP contribution in [0.5, 0.6) is 11.6 Å². The lowest BCUT2D eigenvalue weighted by Crippen LogP contribution is -2.46. The summed E-state index contributed by atoms with van der Waals surface area (Å²) in [5.41, 5.74) is 2.45. The molecule has 4 bridgehead atoms. The maximum atomic E-state index is 13.3. The number of fused-ring (bicyclic) bond motifs is 7. The molecule has 0 aliphatic carbocycles. The van der Waals surface area contributed by atoms with E-state index in [1.165, 1.54) is 0 Å². The van der Waals surface area contributed by atoms with Crippen LogP contribution in [-0.4, -0.2) is 58.4 Å². The third-order valence-electron chi connectivity index (χ3n) is 6.65. The van der Waals surface area contributed by atoms with Crippen LogP contribution in [0.2, 0.25) is 0 Å².